The standard InChI is InChI=1S/C19H23N5O.2ClH/c25-19(23-10-14-1-2-16-11-21-12-17(16)9-14)15-3-7-24(8-4-15)18-13-20-5-6-22-18;;/h1-2,5-6,9,13,15,21H,3-4,7-8,10-12H2,(H,23,25);2*1H. The third kappa shape index (κ3) is 5.09. The molecule has 8 heteroatoms. The van der Waals surface area contributed by atoms with E-state index < -0.39 is 0 Å². The smallest absolute Gasteiger partial charge is 0.223 e. The number of hydrogen-bond donors (Lipinski definition) is 2. The third-order valence-electron chi connectivity index (χ3n) is 5.11. The fourth-order valence-corrected chi connectivity index (χ4v) is 3.62. The molecule has 3 heterocycles. The Bertz CT molecular complexity index is 751. The van der Waals surface area contributed by atoms with E-state index in [0.717, 1.165) is 44.8 Å². The van der Waals surface area contributed by atoms with E-state index in [2.05, 4.69) is 43.7 Å². The van der Waals surface area contributed by atoms with Gasteiger partial charge in [-0.1, -0.05) is 18.2 Å². The van der Waals surface area contributed by atoms with E-state index in [1.54, 1.807) is 18.6 Å². The lowest BCUT2D eigenvalue weighted by atomic mass is 9.96. The first-order valence-corrected chi connectivity index (χ1v) is 8.89. The van der Waals surface area contributed by atoms with Crippen LogP contribution in [0.25, 0.3) is 0 Å². The Hall–Kier alpha value is -1.89. The number of anilines is 1. The lowest BCUT2D eigenvalue weighted by Crippen LogP contribution is -2.40. The van der Waals surface area contributed by atoms with Crippen LogP contribution in [0.4, 0.5) is 5.82 Å². The highest BCUT2D eigenvalue weighted by Gasteiger charge is 2.25. The molecule has 146 valence electrons. The van der Waals surface area contributed by atoms with Gasteiger partial charge in [0.05, 0.1) is 6.20 Å². The quantitative estimate of drug-likeness (QED) is 0.811. The maximum Gasteiger partial charge on any atom is 0.223 e. The lowest BCUT2D eigenvalue weighted by molar-refractivity contribution is -0.125. The molecule has 6 nitrogen and oxygen atoms in total. The van der Waals surface area contributed by atoms with Crippen LogP contribution in [-0.4, -0.2) is 29.0 Å². The number of halogens is 2. The normalized spacial score (nSPS) is 16.1. The zero-order valence-electron chi connectivity index (χ0n) is 15.1. The molecule has 0 unspecified atom stereocenters. The molecular formula is C19H25Cl2N5O. The van der Waals surface area contributed by atoms with E-state index >= 15 is 0 Å². The molecule has 1 saturated heterocycles. The summed E-state index contributed by atoms with van der Waals surface area (Å²) < 4.78 is 0. The molecule has 1 aromatic heterocycles. The Morgan fingerprint density at radius 1 is 1.15 bits per heavy atom. The minimum atomic E-state index is 0. The van der Waals surface area contributed by atoms with Crippen molar-refractivity contribution in [2.45, 2.75) is 32.5 Å². The summed E-state index contributed by atoms with van der Waals surface area (Å²) in [5, 5.41) is 6.46. The first kappa shape index (κ1) is 21.4. The molecule has 0 atom stereocenters. The average Bonchev–Trinajstić information content (AvgIpc) is 3.15. The SMILES string of the molecule is Cl.Cl.O=C(NCc1ccc2c(c1)CNC2)C1CCN(c2cnccn2)CC1. The molecule has 2 aliphatic rings. The van der Waals surface area contributed by atoms with Crippen LogP contribution < -0.4 is 15.5 Å². The maximum atomic E-state index is 12.5. The number of aromatic nitrogens is 2. The molecule has 4 rings (SSSR count). The summed E-state index contributed by atoms with van der Waals surface area (Å²) in [7, 11) is 0. The number of carbonyl (C=O) groups excluding carboxylic acids is 1. The number of benzene rings is 1. The number of piperidine rings is 1. The molecule has 0 saturated carbocycles. The van der Waals surface area contributed by atoms with Gasteiger partial charge in [0.15, 0.2) is 0 Å². The van der Waals surface area contributed by atoms with Crippen LogP contribution in [0, 0.1) is 5.92 Å². The highest BCUT2D eigenvalue weighted by atomic mass is 35.5. The van der Waals surface area contributed by atoms with E-state index in [1.807, 2.05) is 0 Å². The molecule has 0 spiro atoms. The van der Waals surface area contributed by atoms with Crippen molar-refractivity contribution >= 4 is 36.5 Å². The fraction of sp³-hybridized carbons (Fsp3) is 0.421. The van der Waals surface area contributed by atoms with Gasteiger partial charge in [0, 0.05) is 51.0 Å². The molecular weight excluding hydrogens is 385 g/mol. The number of nitrogens with zero attached hydrogens (tertiary/aromatic N) is 3. The second-order valence-electron chi connectivity index (χ2n) is 6.75. The van der Waals surface area contributed by atoms with Crippen molar-refractivity contribution in [1.82, 2.24) is 20.6 Å². The van der Waals surface area contributed by atoms with Gasteiger partial charge in [-0.3, -0.25) is 9.78 Å². The second-order valence-corrected chi connectivity index (χ2v) is 6.75. The van der Waals surface area contributed by atoms with Gasteiger partial charge >= 0.3 is 0 Å². The van der Waals surface area contributed by atoms with Gasteiger partial charge in [0.2, 0.25) is 5.91 Å². The maximum absolute atomic E-state index is 12.5. The molecule has 1 amide bonds. The third-order valence-corrected chi connectivity index (χ3v) is 5.11. The summed E-state index contributed by atoms with van der Waals surface area (Å²) in [4.78, 5) is 23.1. The molecule has 2 aliphatic heterocycles. The van der Waals surface area contributed by atoms with Crippen LogP contribution in [0.5, 0.6) is 0 Å². The zero-order chi connectivity index (χ0) is 17.1. The number of rotatable bonds is 4. The predicted molar refractivity (Wildman–Crippen MR) is 110 cm³/mol. The first-order chi connectivity index (χ1) is 12.3. The predicted octanol–water partition coefficient (Wildman–Crippen LogP) is 2.46. The molecule has 0 aliphatic carbocycles. The van der Waals surface area contributed by atoms with E-state index in [-0.39, 0.29) is 36.6 Å². The topological polar surface area (TPSA) is 70.2 Å². The summed E-state index contributed by atoms with van der Waals surface area (Å²) in [6.45, 7) is 4.18. The number of amides is 1. The van der Waals surface area contributed by atoms with Crippen molar-refractivity contribution in [1.29, 1.82) is 0 Å². The highest BCUT2D eigenvalue weighted by molar-refractivity contribution is 5.85. The Morgan fingerprint density at radius 3 is 2.67 bits per heavy atom. The van der Waals surface area contributed by atoms with Crippen molar-refractivity contribution in [3.8, 4) is 0 Å². The van der Waals surface area contributed by atoms with Crippen molar-refractivity contribution in [3.05, 3.63) is 53.5 Å². The van der Waals surface area contributed by atoms with Crippen LogP contribution in [-0.2, 0) is 24.4 Å². The Kier molecular flexibility index (Phi) is 7.83. The van der Waals surface area contributed by atoms with Gasteiger partial charge in [-0.2, -0.15) is 0 Å². The van der Waals surface area contributed by atoms with E-state index in [0.29, 0.717) is 6.54 Å². The Labute approximate surface area is 172 Å². The van der Waals surface area contributed by atoms with Crippen molar-refractivity contribution in [2.24, 2.45) is 5.92 Å². The van der Waals surface area contributed by atoms with E-state index in [9.17, 15) is 4.79 Å². The molecule has 1 aromatic carbocycles. The highest BCUT2D eigenvalue weighted by Crippen LogP contribution is 2.22. The summed E-state index contributed by atoms with van der Waals surface area (Å²) in [5.74, 6) is 1.15. The summed E-state index contributed by atoms with van der Waals surface area (Å²) in [5.41, 5.74) is 3.89. The summed E-state index contributed by atoms with van der Waals surface area (Å²) in [6.07, 6.45) is 6.88. The summed E-state index contributed by atoms with van der Waals surface area (Å²) >= 11 is 0. The monoisotopic (exact) mass is 409 g/mol. The number of carbonyl (C=O) groups is 1. The van der Waals surface area contributed by atoms with Crippen LogP contribution in [0.1, 0.15) is 29.5 Å². The van der Waals surface area contributed by atoms with Crippen molar-refractivity contribution in [3.63, 3.8) is 0 Å². The van der Waals surface area contributed by atoms with Crippen molar-refractivity contribution < 1.29 is 4.79 Å². The van der Waals surface area contributed by atoms with E-state index in [1.165, 1.54) is 16.7 Å². The zero-order valence-corrected chi connectivity index (χ0v) is 16.7. The number of fused-ring (bicyclic) bond motifs is 1. The van der Waals surface area contributed by atoms with Gasteiger partial charge in [-0.15, -0.1) is 24.8 Å². The molecule has 1 fully saturated rings. The average molecular weight is 410 g/mol. The van der Waals surface area contributed by atoms with Crippen LogP contribution >= 0.6 is 24.8 Å². The molecule has 0 bridgehead atoms. The number of nitrogens with one attached hydrogen (secondary N) is 2. The van der Waals surface area contributed by atoms with Crippen LogP contribution in [0.15, 0.2) is 36.8 Å². The minimum absolute atomic E-state index is 0. The Morgan fingerprint density at radius 2 is 1.93 bits per heavy atom. The van der Waals surface area contributed by atoms with Crippen LogP contribution in [0.2, 0.25) is 0 Å². The second kappa shape index (κ2) is 9.88. The van der Waals surface area contributed by atoms with Gasteiger partial charge < -0.3 is 15.5 Å². The van der Waals surface area contributed by atoms with Gasteiger partial charge in [-0.25, -0.2) is 4.98 Å². The van der Waals surface area contributed by atoms with Gasteiger partial charge in [0.25, 0.3) is 0 Å². The van der Waals surface area contributed by atoms with E-state index in [4.69, 9.17) is 0 Å². The van der Waals surface area contributed by atoms with Crippen LogP contribution in [0.3, 0.4) is 0 Å². The first-order valence-electron chi connectivity index (χ1n) is 8.89. The lowest BCUT2D eigenvalue weighted by Gasteiger charge is -2.31. The van der Waals surface area contributed by atoms with Gasteiger partial charge in [0.1, 0.15) is 5.82 Å². The fourth-order valence-electron chi connectivity index (χ4n) is 3.62. The molecule has 0 radical (unpaired) electrons. The molecule has 2 aromatic rings. The number of hydrogen-bond acceptors (Lipinski definition) is 5. The van der Waals surface area contributed by atoms with Gasteiger partial charge in [-0.05, 0) is 29.5 Å². The Balaban J connectivity index is 0.00000131. The largest absolute Gasteiger partial charge is 0.355 e. The summed E-state index contributed by atoms with van der Waals surface area (Å²) in [6, 6.07) is 6.48. The van der Waals surface area contributed by atoms with Crippen molar-refractivity contribution in [2.75, 3.05) is 18.0 Å². The molecule has 2 N–H and O–H groups in total. The molecule has 27 heavy (non-hydrogen) atoms. The minimum Gasteiger partial charge on any atom is -0.355 e.